The van der Waals surface area contributed by atoms with Gasteiger partial charge in [0.2, 0.25) is 0 Å². The summed E-state index contributed by atoms with van der Waals surface area (Å²) in [7, 11) is 5.28. The Morgan fingerprint density at radius 1 is 1.12 bits per heavy atom. The molecule has 9 rings (SSSR count). The number of piperidine rings is 1. The molecule has 2 aromatic rings. The maximum atomic E-state index is 14.4. The summed E-state index contributed by atoms with van der Waals surface area (Å²) in [6, 6.07) is 11.0. The summed E-state index contributed by atoms with van der Waals surface area (Å²) in [6.07, 6.45) is 8.38. The summed E-state index contributed by atoms with van der Waals surface area (Å²) in [4.78, 5) is 18.9. The predicted octanol–water partition coefficient (Wildman–Crippen LogP) is 4.64. The summed E-state index contributed by atoms with van der Waals surface area (Å²) in [5, 5.41) is 0. The Hall–Kier alpha value is -2.90. The third-order valence-electron chi connectivity index (χ3n) is 11.3. The third kappa shape index (κ3) is 2.98. The Balaban J connectivity index is 1.28. The summed E-state index contributed by atoms with van der Waals surface area (Å²) in [5.74, 6) is 2.10. The van der Waals surface area contributed by atoms with Crippen LogP contribution in [0, 0.1) is 17.2 Å². The summed E-state index contributed by atoms with van der Waals surface area (Å²) >= 11 is 0. The summed E-state index contributed by atoms with van der Waals surface area (Å²) < 4.78 is 32.9. The fraction of sp³-hybridized carbons (Fsp3) is 0.545. The van der Waals surface area contributed by atoms with Gasteiger partial charge in [-0.2, -0.15) is 0 Å². The molecule has 5 atom stereocenters. The van der Waals surface area contributed by atoms with Gasteiger partial charge in [-0.25, -0.2) is 4.39 Å². The second-order valence-corrected chi connectivity index (χ2v) is 13.0. The molecule has 1 amide bonds. The van der Waals surface area contributed by atoms with E-state index in [1.165, 1.54) is 36.1 Å². The average Bonchev–Trinajstić information content (AvgIpc) is 3.71. The van der Waals surface area contributed by atoms with Crippen molar-refractivity contribution in [2.75, 3.05) is 34.4 Å². The first-order chi connectivity index (χ1) is 19.4. The van der Waals surface area contributed by atoms with Crippen molar-refractivity contribution in [3.63, 3.8) is 0 Å². The molecule has 2 aliphatic heterocycles. The number of amides is 1. The fourth-order valence-corrected chi connectivity index (χ4v) is 9.39. The first-order valence-corrected chi connectivity index (χ1v) is 14.8. The van der Waals surface area contributed by atoms with Crippen LogP contribution in [0.15, 0.2) is 48.0 Å². The van der Waals surface area contributed by atoms with E-state index in [0.717, 1.165) is 67.3 Å². The predicted molar refractivity (Wildman–Crippen MR) is 148 cm³/mol. The van der Waals surface area contributed by atoms with E-state index in [2.05, 4.69) is 23.1 Å². The molecule has 0 N–H and O–H groups in total. The molecular weight excluding hydrogens is 507 g/mol. The van der Waals surface area contributed by atoms with E-state index in [0.29, 0.717) is 12.6 Å². The Morgan fingerprint density at radius 2 is 1.93 bits per heavy atom. The molecule has 2 heterocycles. The highest BCUT2D eigenvalue weighted by atomic mass is 19.1. The number of hydrogen-bond acceptors (Lipinski definition) is 5. The van der Waals surface area contributed by atoms with Crippen molar-refractivity contribution >= 4 is 5.91 Å². The molecule has 0 aromatic heterocycles. The van der Waals surface area contributed by atoms with Crippen molar-refractivity contribution in [3.8, 4) is 11.5 Å². The Labute approximate surface area is 235 Å². The Bertz CT molecular complexity index is 1440. The van der Waals surface area contributed by atoms with Gasteiger partial charge in [-0.05, 0) is 80.3 Å². The highest BCUT2D eigenvalue weighted by molar-refractivity contribution is 5.97. The van der Waals surface area contributed by atoms with E-state index in [1.807, 2.05) is 7.05 Å². The topological polar surface area (TPSA) is 51.2 Å². The molecule has 7 aliphatic rings. The lowest BCUT2D eigenvalue weighted by Gasteiger charge is -2.70. The molecule has 210 valence electrons. The van der Waals surface area contributed by atoms with Crippen LogP contribution in [0.4, 0.5) is 4.39 Å². The van der Waals surface area contributed by atoms with Crippen molar-refractivity contribution in [2.45, 2.75) is 68.2 Å². The summed E-state index contributed by atoms with van der Waals surface area (Å²) in [6.45, 7) is 2.58. The molecule has 3 fully saturated rings. The maximum absolute atomic E-state index is 14.4. The zero-order valence-electron chi connectivity index (χ0n) is 23.5. The molecule has 0 unspecified atom stereocenters. The number of carbonyl (C=O) groups is 1. The van der Waals surface area contributed by atoms with E-state index in [4.69, 9.17) is 14.2 Å². The Kier molecular flexibility index (Phi) is 5.17. The van der Waals surface area contributed by atoms with Gasteiger partial charge in [-0.15, -0.1) is 0 Å². The van der Waals surface area contributed by atoms with Crippen LogP contribution in [0.3, 0.4) is 0 Å². The lowest BCUT2D eigenvalue weighted by atomic mass is 9.37. The van der Waals surface area contributed by atoms with E-state index in [9.17, 15) is 9.18 Å². The quantitative estimate of drug-likeness (QED) is 0.509. The van der Waals surface area contributed by atoms with Gasteiger partial charge < -0.3 is 19.1 Å². The number of fused-ring (bicyclic) bond motifs is 1. The second kappa shape index (κ2) is 8.32. The van der Waals surface area contributed by atoms with Crippen molar-refractivity contribution in [1.82, 2.24) is 9.80 Å². The van der Waals surface area contributed by atoms with Gasteiger partial charge in [0.25, 0.3) is 5.91 Å². The van der Waals surface area contributed by atoms with Crippen LogP contribution < -0.4 is 9.47 Å². The molecule has 1 saturated heterocycles. The van der Waals surface area contributed by atoms with Crippen molar-refractivity contribution in [3.05, 3.63) is 70.6 Å². The van der Waals surface area contributed by atoms with Crippen molar-refractivity contribution in [1.29, 1.82) is 0 Å². The SMILES string of the molecule is COc1ccc2c3c1O[C@@H]1[C@]34CCN(CC3CC3)[C@H](C2)[C@@]42C=C(C(=O)N(C)Cc3ccc(F)cc3)[C@]1(OC)CC2. The highest BCUT2D eigenvalue weighted by Crippen LogP contribution is 2.75. The molecule has 2 saturated carbocycles. The normalized spacial score (nSPS) is 34.6. The first kappa shape index (κ1) is 24.9. The van der Waals surface area contributed by atoms with Gasteiger partial charge in [-0.1, -0.05) is 24.3 Å². The van der Waals surface area contributed by atoms with Gasteiger partial charge >= 0.3 is 0 Å². The molecule has 2 spiro atoms. The highest BCUT2D eigenvalue weighted by Gasteiger charge is 2.79. The van der Waals surface area contributed by atoms with Crippen LogP contribution in [-0.2, 0) is 27.9 Å². The van der Waals surface area contributed by atoms with Crippen LogP contribution in [0.2, 0.25) is 0 Å². The average molecular weight is 545 g/mol. The number of benzene rings is 2. The van der Waals surface area contributed by atoms with E-state index in [-0.39, 0.29) is 28.7 Å². The monoisotopic (exact) mass is 544 g/mol. The molecule has 40 heavy (non-hydrogen) atoms. The van der Waals surface area contributed by atoms with E-state index in [1.54, 1.807) is 31.3 Å². The van der Waals surface area contributed by atoms with E-state index >= 15 is 0 Å². The number of ether oxygens (including phenoxy) is 3. The number of hydrogen-bond donors (Lipinski definition) is 0. The zero-order chi connectivity index (χ0) is 27.4. The second-order valence-electron chi connectivity index (χ2n) is 13.0. The molecule has 4 bridgehead atoms. The minimum Gasteiger partial charge on any atom is -0.493 e. The van der Waals surface area contributed by atoms with Crippen molar-refractivity contribution in [2.24, 2.45) is 11.3 Å². The van der Waals surface area contributed by atoms with Crippen LogP contribution in [0.25, 0.3) is 0 Å². The lowest BCUT2D eigenvalue weighted by molar-refractivity contribution is -0.198. The van der Waals surface area contributed by atoms with Gasteiger partial charge in [0.15, 0.2) is 11.5 Å². The molecule has 0 radical (unpaired) electrons. The van der Waals surface area contributed by atoms with E-state index < -0.39 is 5.60 Å². The van der Waals surface area contributed by atoms with Crippen LogP contribution in [0.5, 0.6) is 11.5 Å². The van der Waals surface area contributed by atoms with Gasteiger partial charge in [-0.3, -0.25) is 9.69 Å². The fourth-order valence-electron chi connectivity index (χ4n) is 9.39. The molecule has 5 aliphatic carbocycles. The number of carbonyl (C=O) groups excluding carboxylic acids is 1. The number of halogens is 1. The van der Waals surface area contributed by atoms with Gasteiger partial charge in [0.05, 0.1) is 12.5 Å². The number of likely N-dealkylation sites (N-methyl/N-ethyl adjacent to an activating group) is 1. The van der Waals surface area contributed by atoms with Gasteiger partial charge in [0.1, 0.15) is 17.5 Å². The maximum Gasteiger partial charge on any atom is 0.252 e. The van der Waals surface area contributed by atoms with Crippen LogP contribution in [-0.4, -0.2) is 67.8 Å². The van der Waals surface area contributed by atoms with Crippen molar-refractivity contribution < 1.29 is 23.4 Å². The molecule has 2 aromatic carbocycles. The van der Waals surface area contributed by atoms with Crippen LogP contribution >= 0.6 is 0 Å². The number of methoxy groups -OCH3 is 2. The number of nitrogens with zero attached hydrogens (tertiary/aromatic N) is 2. The smallest absolute Gasteiger partial charge is 0.252 e. The molecule has 7 heteroatoms. The Morgan fingerprint density at radius 3 is 2.65 bits per heavy atom. The third-order valence-corrected chi connectivity index (χ3v) is 11.3. The minimum atomic E-state index is -0.849. The molecule has 6 nitrogen and oxygen atoms in total. The number of likely N-dealkylation sites (tertiary alicyclic amines) is 1. The standard InChI is InChI=1S/C33H37FN2O4/c1-35(18-20-6-9-23(34)10-7-20)29(37)24-17-31-12-13-33(24,39-3)30-32(31)14-15-36(19-21-4-5-21)26(31)16-22-8-11-25(38-2)28(40-30)27(22)32/h6-11,17,21,26,30H,4-5,12-16,18-19H2,1-3H3/t26-,30-,31-,32+,33-/m1/s1. The minimum absolute atomic E-state index is 0.0377. The zero-order valence-corrected chi connectivity index (χ0v) is 23.5. The van der Waals surface area contributed by atoms with Crippen LogP contribution in [0.1, 0.15) is 48.8 Å². The van der Waals surface area contributed by atoms with Gasteiger partial charge in [0, 0.05) is 49.8 Å². The molecular formula is C33H37FN2O4. The summed E-state index contributed by atoms with van der Waals surface area (Å²) in [5.41, 5.74) is 2.98. The largest absolute Gasteiger partial charge is 0.493 e. The number of rotatable bonds is 7. The lowest BCUT2D eigenvalue weighted by Crippen LogP contribution is -2.78. The first-order valence-electron chi connectivity index (χ1n) is 14.8.